The van der Waals surface area contributed by atoms with E-state index in [0.717, 1.165) is 12.8 Å². The molecule has 0 aromatic rings. The average molecular weight is 384 g/mol. The molecule has 1 aliphatic heterocycles. The molecule has 1 heterocycles. The van der Waals surface area contributed by atoms with Crippen LogP contribution in [0.25, 0.3) is 0 Å². The van der Waals surface area contributed by atoms with E-state index in [2.05, 4.69) is 19.2 Å². The van der Waals surface area contributed by atoms with Gasteiger partial charge in [0.25, 0.3) is 0 Å². The lowest BCUT2D eigenvalue weighted by Crippen LogP contribution is -2.50. The number of carbonyl (C=O) groups is 1. The molecule has 5 heteroatoms. The van der Waals surface area contributed by atoms with Crippen molar-refractivity contribution in [2.75, 3.05) is 0 Å². The molecule has 1 aliphatic carbocycles. The summed E-state index contributed by atoms with van der Waals surface area (Å²) in [5.41, 5.74) is -0.511. The van der Waals surface area contributed by atoms with Gasteiger partial charge in [-0.1, -0.05) is 46.0 Å². The fourth-order valence-corrected chi connectivity index (χ4v) is 4.37. The highest BCUT2D eigenvalue weighted by molar-refractivity contribution is 5.68. The van der Waals surface area contributed by atoms with Crippen molar-refractivity contribution in [3.8, 4) is 0 Å². The predicted molar refractivity (Wildman–Crippen MR) is 108 cm³/mol. The number of ether oxygens (including phenoxy) is 3. The SMILES string of the molecule is CC(C)C[C@@H]1OC(C)(C)O[C@H]1[C@H](CC1CCCCC1)NC(=O)OC(C)(C)C. The number of carbonyl (C=O) groups excluding carboxylic acids is 1. The molecule has 0 radical (unpaired) electrons. The molecule has 0 aromatic heterocycles. The Labute approximate surface area is 165 Å². The molecule has 0 aromatic carbocycles. The number of hydrogen-bond donors (Lipinski definition) is 1. The minimum absolute atomic E-state index is 0.0106. The van der Waals surface area contributed by atoms with E-state index in [-0.39, 0.29) is 24.3 Å². The number of amides is 1. The van der Waals surface area contributed by atoms with Gasteiger partial charge in [-0.25, -0.2) is 4.79 Å². The fourth-order valence-electron chi connectivity index (χ4n) is 4.37. The zero-order chi connectivity index (χ0) is 20.2. The van der Waals surface area contributed by atoms with Gasteiger partial charge in [-0.15, -0.1) is 0 Å². The van der Waals surface area contributed by atoms with Gasteiger partial charge in [0.1, 0.15) is 11.7 Å². The summed E-state index contributed by atoms with van der Waals surface area (Å²) in [6.07, 6.45) is 7.70. The molecule has 0 bridgehead atoms. The molecule has 158 valence electrons. The lowest BCUT2D eigenvalue weighted by molar-refractivity contribution is -0.149. The van der Waals surface area contributed by atoms with Crippen molar-refractivity contribution in [3.63, 3.8) is 0 Å². The molecule has 5 nitrogen and oxygen atoms in total. The predicted octanol–water partition coefficient (Wildman–Crippen LogP) is 5.42. The second-order valence-corrected chi connectivity index (χ2v) is 10.3. The Morgan fingerprint density at radius 3 is 2.30 bits per heavy atom. The molecule has 1 saturated carbocycles. The Bertz CT molecular complexity index is 477. The maximum atomic E-state index is 12.5. The number of rotatable bonds is 6. The molecular formula is C22H41NO4. The minimum atomic E-state index is -0.620. The molecule has 2 fully saturated rings. The molecule has 2 rings (SSSR count). The van der Waals surface area contributed by atoms with Crippen LogP contribution in [0.1, 0.15) is 93.4 Å². The lowest BCUT2D eigenvalue weighted by atomic mass is 9.82. The van der Waals surface area contributed by atoms with Crippen molar-refractivity contribution in [1.82, 2.24) is 5.32 Å². The Hall–Kier alpha value is -0.810. The van der Waals surface area contributed by atoms with E-state index in [0.29, 0.717) is 11.8 Å². The standard InChI is InChI=1S/C22H41NO4/c1-15(2)13-18-19(26-22(6,7)25-18)17(14-16-11-9-8-10-12-16)23-20(24)27-21(3,4)5/h15-19H,8-14H2,1-7H3,(H,23,24)/t17-,18-,19-/m0/s1. The van der Waals surface area contributed by atoms with Crippen molar-refractivity contribution in [2.24, 2.45) is 11.8 Å². The molecule has 0 unspecified atom stereocenters. The third kappa shape index (κ3) is 7.61. The smallest absolute Gasteiger partial charge is 0.407 e. The average Bonchev–Trinajstić information content (AvgIpc) is 2.79. The monoisotopic (exact) mass is 383 g/mol. The lowest BCUT2D eigenvalue weighted by Gasteiger charge is -2.33. The van der Waals surface area contributed by atoms with Gasteiger partial charge in [-0.3, -0.25) is 0 Å². The van der Waals surface area contributed by atoms with Crippen LogP contribution in [0.4, 0.5) is 4.79 Å². The second-order valence-electron chi connectivity index (χ2n) is 10.3. The highest BCUT2D eigenvalue weighted by atomic mass is 16.8. The normalized spacial score (nSPS) is 27.6. The van der Waals surface area contributed by atoms with Gasteiger partial charge >= 0.3 is 6.09 Å². The Morgan fingerprint density at radius 2 is 1.74 bits per heavy atom. The van der Waals surface area contributed by atoms with Crippen molar-refractivity contribution in [1.29, 1.82) is 0 Å². The van der Waals surface area contributed by atoms with Crippen LogP contribution in [-0.4, -0.2) is 35.7 Å². The highest BCUT2D eigenvalue weighted by Crippen LogP contribution is 2.36. The van der Waals surface area contributed by atoms with E-state index in [1.54, 1.807) is 0 Å². The minimum Gasteiger partial charge on any atom is -0.444 e. The first-order valence-corrected chi connectivity index (χ1v) is 10.8. The van der Waals surface area contributed by atoms with Gasteiger partial charge < -0.3 is 19.5 Å². The quantitative estimate of drug-likeness (QED) is 0.666. The summed E-state index contributed by atoms with van der Waals surface area (Å²) in [5, 5.41) is 3.14. The first-order chi connectivity index (χ1) is 12.5. The van der Waals surface area contributed by atoms with Crippen LogP contribution in [0, 0.1) is 11.8 Å². The van der Waals surface area contributed by atoms with Gasteiger partial charge in [0, 0.05) is 0 Å². The zero-order valence-corrected chi connectivity index (χ0v) is 18.5. The van der Waals surface area contributed by atoms with Gasteiger partial charge in [0.05, 0.1) is 12.1 Å². The number of alkyl carbamates (subject to hydrolysis) is 1. The van der Waals surface area contributed by atoms with Crippen LogP contribution < -0.4 is 5.32 Å². The summed E-state index contributed by atoms with van der Waals surface area (Å²) in [7, 11) is 0. The molecule has 27 heavy (non-hydrogen) atoms. The first-order valence-electron chi connectivity index (χ1n) is 10.8. The molecule has 2 aliphatic rings. The van der Waals surface area contributed by atoms with Crippen LogP contribution in [0.15, 0.2) is 0 Å². The summed E-state index contributed by atoms with van der Waals surface area (Å²) >= 11 is 0. The third-order valence-electron chi connectivity index (χ3n) is 5.34. The summed E-state index contributed by atoms with van der Waals surface area (Å²) in [6, 6.07) is -0.0894. The largest absolute Gasteiger partial charge is 0.444 e. The van der Waals surface area contributed by atoms with Crippen LogP contribution in [0.3, 0.4) is 0 Å². The van der Waals surface area contributed by atoms with E-state index in [9.17, 15) is 4.79 Å². The molecule has 3 atom stereocenters. The maximum Gasteiger partial charge on any atom is 0.407 e. The second kappa shape index (κ2) is 9.13. The fraction of sp³-hybridized carbons (Fsp3) is 0.955. The molecule has 1 amide bonds. The van der Waals surface area contributed by atoms with Crippen molar-refractivity contribution in [2.45, 2.75) is 123 Å². The Morgan fingerprint density at radius 1 is 1.11 bits per heavy atom. The topological polar surface area (TPSA) is 56.8 Å². The van der Waals surface area contributed by atoms with E-state index >= 15 is 0 Å². The first kappa shape index (κ1) is 22.5. The highest BCUT2D eigenvalue weighted by Gasteiger charge is 2.46. The number of hydrogen-bond acceptors (Lipinski definition) is 4. The van der Waals surface area contributed by atoms with Crippen LogP contribution >= 0.6 is 0 Å². The van der Waals surface area contributed by atoms with Gasteiger partial charge in [-0.2, -0.15) is 0 Å². The van der Waals surface area contributed by atoms with E-state index in [1.165, 1.54) is 32.1 Å². The molecular weight excluding hydrogens is 342 g/mol. The molecule has 1 N–H and O–H groups in total. The molecule has 0 spiro atoms. The maximum absolute atomic E-state index is 12.5. The van der Waals surface area contributed by atoms with Crippen molar-refractivity contribution in [3.05, 3.63) is 0 Å². The summed E-state index contributed by atoms with van der Waals surface area (Å²) in [5.74, 6) is 0.516. The third-order valence-corrected chi connectivity index (χ3v) is 5.34. The molecule has 1 saturated heterocycles. The summed E-state index contributed by atoms with van der Waals surface area (Å²) in [6.45, 7) is 14.0. The summed E-state index contributed by atoms with van der Waals surface area (Å²) < 4.78 is 18.1. The Kier molecular flexibility index (Phi) is 7.60. The van der Waals surface area contributed by atoms with Crippen molar-refractivity contribution >= 4 is 6.09 Å². The Balaban J connectivity index is 2.14. The van der Waals surface area contributed by atoms with Crippen molar-refractivity contribution < 1.29 is 19.0 Å². The summed E-state index contributed by atoms with van der Waals surface area (Å²) in [4.78, 5) is 12.5. The van der Waals surface area contributed by atoms with Crippen LogP contribution in [0.5, 0.6) is 0 Å². The van der Waals surface area contributed by atoms with E-state index in [1.807, 2.05) is 34.6 Å². The van der Waals surface area contributed by atoms with Crippen LogP contribution in [-0.2, 0) is 14.2 Å². The zero-order valence-electron chi connectivity index (χ0n) is 18.5. The van der Waals surface area contributed by atoms with Gasteiger partial charge in [0.15, 0.2) is 5.79 Å². The van der Waals surface area contributed by atoms with Crippen LogP contribution in [0.2, 0.25) is 0 Å². The van der Waals surface area contributed by atoms with Gasteiger partial charge in [-0.05, 0) is 59.3 Å². The van der Waals surface area contributed by atoms with E-state index in [4.69, 9.17) is 14.2 Å². The van der Waals surface area contributed by atoms with E-state index < -0.39 is 11.4 Å². The number of nitrogens with one attached hydrogen (secondary N) is 1. The van der Waals surface area contributed by atoms with Gasteiger partial charge in [0.2, 0.25) is 0 Å².